The molecule has 2 atom stereocenters. The van der Waals surface area contributed by atoms with Gasteiger partial charge in [-0.05, 0) is 61.9 Å². The molecule has 0 aliphatic heterocycles. The van der Waals surface area contributed by atoms with Crippen LogP contribution in [0.15, 0.2) is 47.4 Å². The number of halogens is 3. The van der Waals surface area contributed by atoms with Crippen molar-refractivity contribution in [3.8, 4) is 17.6 Å². The van der Waals surface area contributed by atoms with Crippen molar-refractivity contribution >= 4 is 32.1 Å². The summed E-state index contributed by atoms with van der Waals surface area (Å²) in [4.78, 5) is 0.113. The molecule has 7 nitrogen and oxygen atoms in total. The summed E-state index contributed by atoms with van der Waals surface area (Å²) in [5, 5.41) is 7.19. The van der Waals surface area contributed by atoms with Crippen molar-refractivity contribution in [2.45, 2.75) is 55.4 Å². The number of alkyl halides is 3. The topological polar surface area (TPSA) is 98.4 Å². The number of benzene rings is 2. The number of hydrogen-bond acceptors (Lipinski definition) is 6. The first-order valence-electron chi connectivity index (χ1n) is 12.3. The molecule has 4 N–H and O–H groups in total. The predicted octanol–water partition coefficient (Wildman–Crippen LogP) is 4.76. The van der Waals surface area contributed by atoms with Gasteiger partial charge in [0.15, 0.2) is 9.84 Å². The highest BCUT2D eigenvalue weighted by molar-refractivity contribution is 7.90. The molecule has 0 bridgehead atoms. The van der Waals surface area contributed by atoms with Gasteiger partial charge >= 0.3 is 6.18 Å². The van der Waals surface area contributed by atoms with E-state index in [-0.39, 0.29) is 29.2 Å². The van der Waals surface area contributed by atoms with Crippen molar-refractivity contribution in [1.29, 1.82) is 0 Å². The number of anilines is 2. The number of nitrogens with two attached hydrogens (primary N) is 1. The first-order chi connectivity index (χ1) is 17.9. The van der Waals surface area contributed by atoms with E-state index in [1.54, 1.807) is 24.3 Å². The molecule has 1 aliphatic carbocycles. The van der Waals surface area contributed by atoms with E-state index in [9.17, 15) is 21.6 Å². The molecular formula is C27H31F3N4O3S. The van der Waals surface area contributed by atoms with E-state index in [1.807, 2.05) is 6.07 Å². The van der Waals surface area contributed by atoms with Crippen molar-refractivity contribution in [2.24, 2.45) is 5.73 Å². The first kappa shape index (κ1) is 27.7. The van der Waals surface area contributed by atoms with Crippen molar-refractivity contribution in [3.63, 3.8) is 0 Å². The molecule has 1 saturated carbocycles. The minimum atomic E-state index is -4.42. The van der Waals surface area contributed by atoms with Gasteiger partial charge in [-0.15, -0.1) is 0 Å². The van der Waals surface area contributed by atoms with Gasteiger partial charge in [0.2, 0.25) is 0 Å². The van der Waals surface area contributed by atoms with Crippen molar-refractivity contribution in [3.05, 3.63) is 48.2 Å². The van der Waals surface area contributed by atoms with Gasteiger partial charge in [-0.3, -0.25) is 0 Å². The van der Waals surface area contributed by atoms with E-state index >= 15 is 0 Å². The highest BCUT2D eigenvalue weighted by Gasteiger charge is 2.30. The van der Waals surface area contributed by atoms with Crippen LogP contribution in [0, 0.1) is 11.8 Å². The van der Waals surface area contributed by atoms with E-state index in [0.717, 1.165) is 37.6 Å². The zero-order chi connectivity index (χ0) is 27.5. The Balaban J connectivity index is 1.60. The van der Waals surface area contributed by atoms with Crippen LogP contribution in [0.1, 0.15) is 31.4 Å². The van der Waals surface area contributed by atoms with Crippen LogP contribution in [-0.2, 0) is 16.4 Å². The van der Waals surface area contributed by atoms with Crippen molar-refractivity contribution < 1.29 is 26.3 Å². The number of fused-ring (bicyclic) bond motifs is 1. The van der Waals surface area contributed by atoms with E-state index in [2.05, 4.69) is 22.5 Å². The Morgan fingerprint density at radius 2 is 1.95 bits per heavy atom. The van der Waals surface area contributed by atoms with Crippen LogP contribution in [-0.4, -0.2) is 51.2 Å². The number of rotatable bonds is 7. The highest BCUT2D eigenvalue weighted by atomic mass is 32.2. The van der Waals surface area contributed by atoms with Gasteiger partial charge in [0.05, 0.1) is 35.4 Å². The molecule has 0 unspecified atom stereocenters. The Labute approximate surface area is 220 Å². The second kappa shape index (κ2) is 11.2. The Bertz CT molecular complexity index is 1470. The average molecular weight is 549 g/mol. The molecule has 2 aromatic carbocycles. The number of sulfone groups is 1. The minimum Gasteiger partial charge on any atom is -0.495 e. The fourth-order valence-corrected chi connectivity index (χ4v) is 5.40. The molecule has 4 rings (SSSR count). The third kappa shape index (κ3) is 6.74. The number of nitrogens with one attached hydrogen (secondary N) is 2. The maximum Gasteiger partial charge on any atom is 0.406 e. The van der Waals surface area contributed by atoms with Crippen molar-refractivity contribution in [1.82, 2.24) is 4.57 Å². The lowest BCUT2D eigenvalue weighted by Gasteiger charge is -2.28. The van der Waals surface area contributed by atoms with E-state index in [0.29, 0.717) is 22.3 Å². The molecule has 11 heteroatoms. The summed E-state index contributed by atoms with van der Waals surface area (Å²) in [5.74, 6) is 6.07. The second-order valence-electron chi connectivity index (χ2n) is 9.53. The molecular weight excluding hydrogens is 517 g/mol. The number of aromatic nitrogens is 1. The highest BCUT2D eigenvalue weighted by Crippen LogP contribution is 2.32. The fourth-order valence-electron chi connectivity index (χ4n) is 4.76. The van der Waals surface area contributed by atoms with Gasteiger partial charge in [0.1, 0.15) is 12.3 Å². The van der Waals surface area contributed by atoms with Gasteiger partial charge < -0.3 is 25.7 Å². The Morgan fingerprint density at radius 3 is 2.63 bits per heavy atom. The minimum absolute atomic E-state index is 0.104. The molecule has 1 aromatic heterocycles. The van der Waals surface area contributed by atoms with Crippen LogP contribution in [0.3, 0.4) is 0 Å². The smallest absolute Gasteiger partial charge is 0.406 e. The summed E-state index contributed by atoms with van der Waals surface area (Å²) in [6.07, 6.45) is 0.439. The molecule has 3 aromatic rings. The predicted molar refractivity (Wildman–Crippen MR) is 143 cm³/mol. The SMILES string of the molecule is COc1cc(S(C)(=O)=O)ccc1NCC#Cc1cc2c(N[C@@H]3CCC[C@@H](N)C3)cccc2n1CC(F)(F)F. The molecule has 0 radical (unpaired) electrons. The summed E-state index contributed by atoms with van der Waals surface area (Å²) in [5.41, 5.74) is 8.09. The Hall–Kier alpha value is -3.36. The molecule has 1 heterocycles. The van der Waals surface area contributed by atoms with Gasteiger partial charge in [0.25, 0.3) is 0 Å². The molecule has 1 aliphatic rings. The van der Waals surface area contributed by atoms with E-state index in [4.69, 9.17) is 10.5 Å². The second-order valence-corrected chi connectivity index (χ2v) is 11.5. The number of ether oxygens (including phenoxy) is 1. The van der Waals surface area contributed by atoms with Crippen molar-refractivity contribution in [2.75, 3.05) is 30.5 Å². The summed E-state index contributed by atoms with van der Waals surface area (Å²) in [7, 11) is -1.99. The zero-order valence-electron chi connectivity index (χ0n) is 21.2. The number of hydrogen-bond donors (Lipinski definition) is 3. The van der Waals surface area contributed by atoms with Crippen LogP contribution in [0.2, 0.25) is 0 Å². The van der Waals surface area contributed by atoms with Crippen LogP contribution in [0.4, 0.5) is 24.5 Å². The molecule has 0 saturated heterocycles. The lowest BCUT2D eigenvalue weighted by atomic mass is 9.91. The van der Waals surface area contributed by atoms with Crippen LogP contribution in [0.25, 0.3) is 10.9 Å². The molecule has 204 valence electrons. The van der Waals surface area contributed by atoms with E-state index in [1.165, 1.54) is 23.8 Å². The quantitative estimate of drug-likeness (QED) is 0.369. The van der Waals surface area contributed by atoms with Gasteiger partial charge in [0, 0.05) is 35.5 Å². The summed E-state index contributed by atoms with van der Waals surface area (Å²) >= 11 is 0. The Kier molecular flexibility index (Phi) is 8.13. The summed E-state index contributed by atoms with van der Waals surface area (Å²) in [6.45, 7) is -1.06. The zero-order valence-corrected chi connectivity index (χ0v) is 22.0. The number of nitrogens with zero attached hydrogens (tertiary/aromatic N) is 1. The van der Waals surface area contributed by atoms with E-state index < -0.39 is 22.6 Å². The maximum atomic E-state index is 13.5. The molecule has 1 fully saturated rings. The average Bonchev–Trinajstić information content (AvgIpc) is 3.18. The molecule has 0 spiro atoms. The third-order valence-electron chi connectivity index (χ3n) is 6.54. The molecule has 0 amide bonds. The largest absolute Gasteiger partial charge is 0.495 e. The van der Waals surface area contributed by atoms with Crippen LogP contribution in [0.5, 0.6) is 5.75 Å². The Morgan fingerprint density at radius 1 is 1.16 bits per heavy atom. The number of methoxy groups -OCH3 is 1. The fraction of sp³-hybridized carbons (Fsp3) is 0.407. The molecule has 38 heavy (non-hydrogen) atoms. The summed E-state index contributed by atoms with van der Waals surface area (Å²) in [6, 6.07) is 11.6. The monoisotopic (exact) mass is 548 g/mol. The summed E-state index contributed by atoms with van der Waals surface area (Å²) < 4.78 is 70.5. The van der Waals surface area contributed by atoms with Crippen LogP contribution < -0.4 is 21.1 Å². The first-order valence-corrected chi connectivity index (χ1v) is 14.2. The van der Waals surface area contributed by atoms with Gasteiger partial charge in [-0.1, -0.05) is 12.0 Å². The lowest BCUT2D eigenvalue weighted by Crippen LogP contribution is -2.34. The lowest BCUT2D eigenvalue weighted by molar-refractivity contribution is -0.140. The third-order valence-corrected chi connectivity index (χ3v) is 7.65. The van der Waals surface area contributed by atoms with Gasteiger partial charge in [-0.2, -0.15) is 13.2 Å². The standard InChI is InChI=1S/C27H31F3N4O3S/c1-37-26-16-21(38(2,35)36)11-12-24(26)32-13-5-8-20-15-22-23(33-19-7-3-6-18(31)14-19)9-4-10-25(22)34(20)17-27(28,29)30/h4,9-12,15-16,18-19,32-33H,3,6-7,13-14,17,31H2,1-2H3/t18-,19-/m1/s1. The normalized spacial score (nSPS) is 18.1. The van der Waals surface area contributed by atoms with Gasteiger partial charge in [-0.25, -0.2) is 8.42 Å². The maximum absolute atomic E-state index is 13.5. The van der Waals surface area contributed by atoms with Crippen LogP contribution >= 0.6 is 0 Å².